The molecule has 3 heteroatoms. The van der Waals surface area contributed by atoms with Gasteiger partial charge < -0.3 is 9.22 Å². The molecule has 0 radical (unpaired) electrons. The van der Waals surface area contributed by atoms with Crippen LogP contribution in [-0.4, -0.2) is 44.2 Å². The van der Waals surface area contributed by atoms with Crippen LogP contribution in [0.2, 0.25) is 0 Å². The van der Waals surface area contributed by atoms with Crippen LogP contribution in [0.4, 0.5) is 0 Å². The van der Waals surface area contributed by atoms with Crippen molar-refractivity contribution >= 4 is 5.97 Å². The number of carbonyl (C=O) groups excluding carboxylic acids is 1. The van der Waals surface area contributed by atoms with Crippen LogP contribution in [0.15, 0.2) is 24.3 Å². The van der Waals surface area contributed by atoms with E-state index in [4.69, 9.17) is 4.74 Å². The van der Waals surface area contributed by atoms with Gasteiger partial charge in [-0.05, 0) is 25.5 Å². The average molecular weight is 250 g/mol. The highest BCUT2D eigenvalue weighted by atomic mass is 16.5. The van der Waals surface area contributed by atoms with Gasteiger partial charge in [-0.3, -0.25) is 0 Å². The molecule has 0 aliphatic carbocycles. The van der Waals surface area contributed by atoms with Crippen molar-refractivity contribution in [2.24, 2.45) is 0 Å². The zero-order chi connectivity index (χ0) is 13.8. The van der Waals surface area contributed by atoms with Crippen LogP contribution < -0.4 is 0 Å². The van der Waals surface area contributed by atoms with Crippen molar-refractivity contribution in [1.29, 1.82) is 0 Å². The summed E-state index contributed by atoms with van der Waals surface area (Å²) in [4.78, 5) is 12.0. The zero-order valence-electron chi connectivity index (χ0n) is 12.1. The topological polar surface area (TPSA) is 26.3 Å². The monoisotopic (exact) mass is 250 g/mol. The van der Waals surface area contributed by atoms with Crippen molar-refractivity contribution in [3.05, 3.63) is 35.4 Å². The molecule has 100 valence electrons. The van der Waals surface area contributed by atoms with Gasteiger partial charge in [0.15, 0.2) is 6.10 Å². The highest BCUT2D eigenvalue weighted by Crippen LogP contribution is 2.10. The Labute approximate surface area is 110 Å². The van der Waals surface area contributed by atoms with Crippen LogP contribution >= 0.6 is 0 Å². The summed E-state index contributed by atoms with van der Waals surface area (Å²) in [7, 11) is 6.30. The van der Waals surface area contributed by atoms with Gasteiger partial charge in [-0.25, -0.2) is 4.79 Å². The Balaban J connectivity index is 2.65. The standard InChI is InChI=1S/C15H24NO2/c1-6-14(11-16(3,4)5)18-15(17)13-9-7-12(2)8-10-13/h7-10,14H,6,11H2,1-5H3/q+1. The van der Waals surface area contributed by atoms with Gasteiger partial charge in [0.1, 0.15) is 6.54 Å². The Morgan fingerprint density at radius 3 is 2.22 bits per heavy atom. The summed E-state index contributed by atoms with van der Waals surface area (Å²) < 4.78 is 6.34. The summed E-state index contributed by atoms with van der Waals surface area (Å²) in [6.45, 7) is 4.87. The van der Waals surface area contributed by atoms with E-state index in [-0.39, 0.29) is 12.1 Å². The molecule has 3 nitrogen and oxygen atoms in total. The van der Waals surface area contributed by atoms with E-state index >= 15 is 0 Å². The first-order valence-electron chi connectivity index (χ1n) is 6.40. The highest BCUT2D eigenvalue weighted by Gasteiger charge is 2.20. The predicted molar refractivity (Wildman–Crippen MR) is 73.6 cm³/mol. The third-order valence-corrected chi connectivity index (χ3v) is 2.77. The molecule has 1 rings (SSSR count). The van der Waals surface area contributed by atoms with Gasteiger partial charge in [0.25, 0.3) is 0 Å². The lowest BCUT2D eigenvalue weighted by atomic mass is 10.1. The van der Waals surface area contributed by atoms with E-state index in [1.54, 1.807) is 0 Å². The Morgan fingerprint density at radius 2 is 1.78 bits per heavy atom. The quantitative estimate of drug-likeness (QED) is 0.593. The zero-order valence-corrected chi connectivity index (χ0v) is 12.1. The van der Waals surface area contributed by atoms with Gasteiger partial charge in [0, 0.05) is 0 Å². The van der Waals surface area contributed by atoms with E-state index in [0.717, 1.165) is 23.0 Å². The minimum absolute atomic E-state index is 0.0289. The smallest absolute Gasteiger partial charge is 0.338 e. The average Bonchev–Trinajstić information content (AvgIpc) is 2.27. The van der Waals surface area contributed by atoms with Gasteiger partial charge in [-0.2, -0.15) is 0 Å². The molecule has 0 aliphatic heterocycles. The van der Waals surface area contributed by atoms with Crippen LogP contribution in [0.3, 0.4) is 0 Å². The van der Waals surface area contributed by atoms with E-state index in [0.29, 0.717) is 5.56 Å². The van der Waals surface area contributed by atoms with E-state index in [2.05, 4.69) is 21.1 Å². The summed E-state index contributed by atoms with van der Waals surface area (Å²) in [5.74, 6) is -0.227. The molecule has 0 N–H and O–H groups in total. The molecule has 1 aromatic carbocycles. The van der Waals surface area contributed by atoms with Gasteiger partial charge in [0.05, 0.1) is 26.7 Å². The molecule has 1 aromatic rings. The first kappa shape index (κ1) is 14.7. The predicted octanol–water partition coefficient (Wildman–Crippen LogP) is 2.64. The lowest BCUT2D eigenvalue weighted by Gasteiger charge is -2.28. The van der Waals surface area contributed by atoms with Crippen molar-refractivity contribution in [3.8, 4) is 0 Å². The summed E-state index contributed by atoms with van der Waals surface area (Å²) >= 11 is 0. The Morgan fingerprint density at radius 1 is 1.22 bits per heavy atom. The van der Waals surface area contributed by atoms with E-state index in [1.807, 2.05) is 38.1 Å². The number of nitrogens with zero attached hydrogens (tertiary/aromatic N) is 1. The maximum Gasteiger partial charge on any atom is 0.338 e. The largest absolute Gasteiger partial charge is 0.453 e. The molecule has 0 spiro atoms. The van der Waals surface area contributed by atoms with Gasteiger partial charge in [-0.15, -0.1) is 0 Å². The number of esters is 1. The number of quaternary nitrogens is 1. The van der Waals surface area contributed by atoms with Crippen molar-refractivity contribution < 1.29 is 14.0 Å². The van der Waals surface area contributed by atoms with Crippen LogP contribution in [0.5, 0.6) is 0 Å². The minimum atomic E-state index is -0.227. The van der Waals surface area contributed by atoms with E-state index in [9.17, 15) is 4.79 Å². The second-order valence-electron chi connectivity index (χ2n) is 5.77. The summed E-state index contributed by atoms with van der Waals surface area (Å²) in [6, 6.07) is 7.49. The van der Waals surface area contributed by atoms with Gasteiger partial charge in [0.2, 0.25) is 0 Å². The van der Waals surface area contributed by atoms with Crippen LogP contribution in [0.1, 0.15) is 29.3 Å². The molecule has 0 saturated carbocycles. The molecule has 1 unspecified atom stereocenters. The molecule has 1 atom stereocenters. The Hall–Kier alpha value is -1.35. The molecule has 0 aromatic heterocycles. The van der Waals surface area contributed by atoms with Crippen molar-refractivity contribution in [2.45, 2.75) is 26.4 Å². The van der Waals surface area contributed by atoms with E-state index < -0.39 is 0 Å². The number of hydrogen-bond acceptors (Lipinski definition) is 2. The van der Waals surface area contributed by atoms with Crippen molar-refractivity contribution in [3.63, 3.8) is 0 Å². The number of rotatable bonds is 5. The number of aryl methyl sites for hydroxylation is 1. The van der Waals surface area contributed by atoms with Crippen molar-refractivity contribution in [2.75, 3.05) is 27.7 Å². The first-order valence-corrected chi connectivity index (χ1v) is 6.40. The first-order chi connectivity index (χ1) is 8.31. The lowest BCUT2D eigenvalue weighted by Crippen LogP contribution is -2.42. The third-order valence-electron chi connectivity index (χ3n) is 2.77. The fourth-order valence-electron chi connectivity index (χ4n) is 1.77. The molecule has 0 amide bonds. The molecule has 0 aliphatic rings. The molecule has 18 heavy (non-hydrogen) atoms. The van der Waals surface area contributed by atoms with E-state index in [1.165, 1.54) is 0 Å². The second-order valence-corrected chi connectivity index (χ2v) is 5.77. The molecule has 0 fully saturated rings. The van der Waals surface area contributed by atoms with Crippen LogP contribution in [0.25, 0.3) is 0 Å². The number of hydrogen-bond donors (Lipinski definition) is 0. The number of likely N-dealkylation sites (N-methyl/N-ethyl adjacent to an activating group) is 1. The Kier molecular flexibility index (Phi) is 4.91. The molecule has 0 heterocycles. The van der Waals surface area contributed by atoms with Crippen molar-refractivity contribution in [1.82, 2.24) is 0 Å². The maximum atomic E-state index is 12.0. The Bertz CT molecular complexity index is 390. The van der Waals surface area contributed by atoms with Crippen LogP contribution in [0, 0.1) is 6.92 Å². The SMILES string of the molecule is CCC(C[N+](C)(C)C)OC(=O)c1ccc(C)cc1. The maximum absolute atomic E-state index is 12.0. The number of benzene rings is 1. The molecule has 0 saturated heterocycles. The summed E-state index contributed by atoms with van der Waals surface area (Å²) in [5.41, 5.74) is 1.77. The van der Waals surface area contributed by atoms with Gasteiger partial charge >= 0.3 is 5.97 Å². The summed E-state index contributed by atoms with van der Waals surface area (Å²) in [6.07, 6.45) is 0.812. The minimum Gasteiger partial charge on any atom is -0.453 e. The fourth-order valence-corrected chi connectivity index (χ4v) is 1.77. The van der Waals surface area contributed by atoms with Crippen LogP contribution in [-0.2, 0) is 4.74 Å². The molecular weight excluding hydrogens is 226 g/mol. The molecular formula is C15H24NO2+. The molecule has 0 bridgehead atoms. The van der Waals surface area contributed by atoms with Gasteiger partial charge in [-0.1, -0.05) is 24.6 Å². The number of carbonyl (C=O) groups is 1. The normalized spacial score (nSPS) is 13.2. The fraction of sp³-hybridized carbons (Fsp3) is 0.533. The number of ether oxygens (including phenoxy) is 1. The highest BCUT2D eigenvalue weighted by molar-refractivity contribution is 5.89. The third kappa shape index (κ3) is 4.88. The second kappa shape index (κ2) is 6.01. The lowest BCUT2D eigenvalue weighted by molar-refractivity contribution is -0.873. The summed E-state index contributed by atoms with van der Waals surface area (Å²) in [5, 5.41) is 0.